The number of alkyl halides is 2. The van der Waals surface area contributed by atoms with E-state index in [4.69, 9.17) is 28.9 Å². The smallest absolute Gasteiger partial charge is 0.336 e. The number of aromatic nitrogens is 2. The third-order valence-electron chi connectivity index (χ3n) is 4.56. The molecule has 0 aliphatic heterocycles. The molecule has 0 amide bonds. The Morgan fingerprint density at radius 2 is 1.63 bits per heavy atom. The lowest BCUT2D eigenvalue weighted by molar-refractivity contribution is -0.384. The monoisotopic (exact) mass is 452 g/mol. The van der Waals surface area contributed by atoms with Crippen LogP contribution in [-0.2, 0) is 0 Å². The third-order valence-corrected chi connectivity index (χ3v) is 4.89. The van der Waals surface area contributed by atoms with Gasteiger partial charge in [0.15, 0.2) is 0 Å². The summed E-state index contributed by atoms with van der Waals surface area (Å²) in [6.07, 6.45) is 3.35. The average Bonchev–Trinajstić information content (AvgIpc) is 2.73. The van der Waals surface area contributed by atoms with Crippen LogP contribution in [-0.4, -0.2) is 52.8 Å². The van der Waals surface area contributed by atoms with Crippen molar-refractivity contribution in [1.29, 1.82) is 0 Å². The zero-order valence-electron chi connectivity index (χ0n) is 17.1. The molecule has 1 aromatic carbocycles. The highest BCUT2D eigenvalue weighted by Gasteiger charge is 2.22. The number of anilines is 3. The van der Waals surface area contributed by atoms with Crippen LogP contribution in [0.2, 0.25) is 0 Å². The third kappa shape index (κ3) is 5.96. The molecule has 0 spiro atoms. The van der Waals surface area contributed by atoms with Crippen LogP contribution in [0.4, 0.5) is 23.1 Å². The first-order valence-corrected chi connectivity index (χ1v) is 10.7. The molecule has 0 radical (unpaired) electrons. The van der Waals surface area contributed by atoms with E-state index in [9.17, 15) is 10.1 Å². The summed E-state index contributed by atoms with van der Waals surface area (Å²) in [5, 5.41) is 11.5. The number of nitrogen functional groups attached to an aromatic ring is 1. The first-order valence-electron chi connectivity index (χ1n) is 9.66. The maximum absolute atomic E-state index is 11.5. The van der Waals surface area contributed by atoms with E-state index < -0.39 is 4.92 Å². The van der Waals surface area contributed by atoms with Gasteiger partial charge in [0, 0.05) is 43.6 Å². The first-order chi connectivity index (χ1) is 14.4. The van der Waals surface area contributed by atoms with E-state index in [1.807, 2.05) is 43.0 Å². The van der Waals surface area contributed by atoms with E-state index >= 15 is 0 Å². The summed E-state index contributed by atoms with van der Waals surface area (Å²) in [4.78, 5) is 23.4. The molecule has 0 aliphatic carbocycles. The van der Waals surface area contributed by atoms with Crippen LogP contribution in [0.3, 0.4) is 0 Å². The Labute approximate surface area is 186 Å². The first kappa shape index (κ1) is 23.7. The molecule has 0 unspecified atom stereocenters. The van der Waals surface area contributed by atoms with Gasteiger partial charge in [-0.25, -0.2) is 4.98 Å². The summed E-state index contributed by atoms with van der Waals surface area (Å²) in [6, 6.07) is 7.76. The SMILES string of the molecule is CCN(CC)c1nc(N)c([N+](=O)[O-])c(C=Cc2ccc(N(CCCl)CCCl)cc2)n1. The van der Waals surface area contributed by atoms with Gasteiger partial charge in [-0.1, -0.05) is 18.2 Å². The summed E-state index contributed by atoms with van der Waals surface area (Å²) in [5.41, 5.74) is 7.62. The van der Waals surface area contributed by atoms with Gasteiger partial charge in [0.1, 0.15) is 5.69 Å². The fraction of sp³-hybridized carbons (Fsp3) is 0.400. The van der Waals surface area contributed by atoms with Crippen molar-refractivity contribution >= 4 is 58.5 Å². The van der Waals surface area contributed by atoms with E-state index in [1.54, 1.807) is 12.2 Å². The Balaban J connectivity index is 2.34. The Bertz CT molecular complexity index is 866. The van der Waals surface area contributed by atoms with Gasteiger partial charge < -0.3 is 15.5 Å². The normalized spacial score (nSPS) is 11.1. The lowest BCUT2D eigenvalue weighted by Gasteiger charge is -2.22. The van der Waals surface area contributed by atoms with Gasteiger partial charge >= 0.3 is 5.69 Å². The van der Waals surface area contributed by atoms with E-state index in [0.717, 1.165) is 11.3 Å². The number of hydrogen-bond acceptors (Lipinski definition) is 7. The van der Waals surface area contributed by atoms with Crippen LogP contribution < -0.4 is 15.5 Å². The van der Waals surface area contributed by atoms with Gasteiger partial charge in [0.25, 0.3) is 0 Å². The molecule has 162 valence electrons. The zero-order chi connectivity index (χ0) is 22.1. The van der Waals surface area contributed by atoms with Crippen molar-refractivity contribution in [3.8, 4) is 0 Å². The van der Waals surface area contributed by atoms with Gasteiger partial charge in [-0.05, 0) is 37.6 Å². The summed E-state index contributed by atoms with van der Waals surface area (Å²) < 4.78 is 0. The second-order valence-electron chi connectivity index (χ2n) is 6.36. The lowest BCUT2D eigenvalue weighted by atomic mass is 10.1. The van der Waals surface area contributed by atoms with E-state index in [-0.39, 0.29) is 17.2 Å². The average molecular weight is 453 g/mol. The van der Waals surface area contributed by atoms with Crippen LogP contribution in [0.15, 0.2) is 24.3 Å². The van der Waals surface area contributed by atoms with E-state index in [1.165, 1.54) is 0 Å². The molecular weight excluding hydrogens is 427 g/mol. The van der Waals surface area contributed by atoms with E-state index in [0.29, 0.717) is 43.9 Å². The minimum atomic E-state index is -0.555. The van der Waals surface area contributed by atoms with Crippen LogP contribution in [0.5, 0.6) is 0 Å². The highest BCUT2D eigenvalue weighted by molar-refractivity contribution is 6.18. The zero-order valence-corrected chi connectivity index (χ0v) is 18.6. The van der Waals surface area contributed by atoms with Gasteiger partial charge in [-0.15, -0.1) is 23.2 Å². The molecule has 0 aliphatic rings. The Morgan fingerprint density at radius 1 is 1.03 bits per heavy atom. The molecule has 2 rings (SSSR count). The van der Waals surface area contributed by atoms with E-state index in [2.05, 4.69) is 14.9 Å². The fourth-order valence-corrected chi connectivity index (χ4v) is 3.38. The van der Waals surface area contributed by atoms with Crippen LogP contribution >= 0.6 is 23.2 Å². The predicted molar refractivity (Wildman–Crippen MR) is 126 cm³/mol. The van der Waals surface area contributed by atoms with Crippen molar-refractivity contribution in [2.45, 2.75) is 13.8 Å². The molecule has 1 heterocycles. The summed E-state index contributed by atoms with van der Waals surface area (Å²) >= 11 is 11.7. The molecule has 1 aromatic heterocycles. The fourth-order valence-electron chi connectivity index (χ4n) is 2.97. The van der Waals surface area contributed by atoms with Gasteiger partial charge in [-0.3, -0.25) is 10.1 Å². The summed E-state index contributed by atoms with van der Waals surface area (Å²) in [7, 11) is 0. The van der Waals surface area contributed by atoms with Crippen molar-refractivity contribution < 1.29 is 4.92 Å². The van der Waals surface area contributed by atoms with Crippen LogP contribution in [0.25, 0.3) is 12.2 Å². The number of hydrogen-bond donors (Lipinski definition) is 1. The van der Waals surface area contributed by atoms with Crippen molar-refractivity contribution in [2.24, 2.45) is 0 Å². The molecule has 0 saturated heterocycles. The van der Waals surface area contributed by atoms with Crippen molar-refractivity contribution in [2.75, 3.05) is 53.5 Å². The molecule has 2 aromatic rings. The number of nitrogens with zero attached hydrogens (tertiary/aromatic N) is 5. The second-order valence-corrected chi connectivity index (χ2v) is 7.12. The summed E-state index contributed by atoms with van der Waals surface area (Å²) in [6.45, 7) is 6.64. The largest absolute Gasteiger partial charge is 0.378 e. The Morgan fingerprint density at radius 3 is 2.13 bits per heavy atom. The molecule has 0 saturated carbocycles. The van der Waals surface area contributed by atoms with Gasteiger partial charge in [0.2, 0.25) is 11.8 Å². The Kier molecular flexibility index (Phi) is 9.14. The summed E-state index contributed by atoms with van der Waals surface area (Å²) in [5.74, 6) is 1.24. The predicted octanol–water partition coefficient (Wildman–Crippen LogP) is 4.27. The maximum atomic E-state index is 11.5. The maximum Gasteiger partial charge on any atom is 0.336 e. The van der Waals surface area contributed by atoms with Gasteiger partial charge in [-0.2, -0.15) is 4.98 Å². The topological polar surface area (TPSA) is 101 Å². The molecule has 2 N–H and O–H groups in total. The number of nitrogens with two attached hydrogens (primary N) is 1. The molecular formula is C20H26Cl2N6O2. The highest BCUT2D eigenvalue weighted by atomic mass is 35.5. The van der Waals surface area contributed by atoms with Crippen LogP contribution in [0, 0.1) is 10.1 Å². The number of nitro groups is 1. The Hall–Kier alpha value is -2.58. The van der Waals surface area contributed by atoms with Crippen molar-refractivity contribution in [1.82, 2.24) is 9.97 Å². The minimum Gasteiger partial charge on any atom is -0.378 e. The molecule has 0 fully saturated rings. The minimum absolute atomic E-state index is 0.148. The molecule has 10 heteroatoms. The lowest BCUT2D eigenvalue weighted by Crippen LogP contribution is -2.27. The molecule has 0 atom stereocenters. The quantitative estimate of drug-likeness (QED) is 0.308. The highest BCUT2D eigenvalue weighted by Crippen LogP contribution is 2.27. The second kappa shape index (κ2) is 11.6. The van der Waals surface area contributed by atoms with Gasteiger partial charge in [0.05, 0.1) is 4.92 Å². The molecule has 8 nitrogen and oxygen atoms in total. The number of halogens is 2. The molecule has 30 heavy (non-hydrogen) atoms. The number of benzene rings is 1. The number of rotatable bonds is 11. The standard InChI is InChI=1S/C20H26Cl2N6O2/c1-3-26(4-2)20-24-17(18(28(29)30)19(23)25-20)10-7-15-5-8-16(9-6-15)27(13-11-21)14-12-22/h5-10H,3-4,11-14H2,1-2H3,(H2,23,24,25). The molecule has 0 bridgehead atoms. The van der Waals surface area contributed by atoms with Crippen molar-refractivity contribution in [3.05, 3.63) is 45.6 Å². The van der Waals surface area contributed by atoms with Crippen molar-refractivity contribution in [3.63, 3.8) is 0 Å². The van der Waals surface area contributed by atoms with Crippen LogP contribution in [0.1, 0.15) is 25.1 Å².